The summed E-state index contributed by atoms with van der Waals surface area (Å²) in [5.74, 6) is -0.436. The lowest BCUT2D eigenvalue weighted by atomic mass is 10.3. The fourth-order valence-electron chi connectivity index (χ4n) is 0.820. The fraction of sp³-hybridized carbons (Fsp3) is 0.250. The second kappa shape index (κ2) is 4.44. The standard InChI is InChI=1S/C8H8Cl2N2O/c1-5-4-6(2-3-11-5)12-8(13)7(9)10/h2-4,7H,1H3,(H,11,12,13). The lowest BCUT2D eigenvalue weighted by molar-refractivity contribution is -0.114. The molecule has 0 fully saturated rings. The van der Waals surface area contributed by atoms with Gasteiger partial charge in [-0.1, -0.05) is 23.2 Å². The molecule has 0 bridgehead atoms. The number of hydrogen-bond acceptors (Lipinski definition) is 2. The summed E-state index contributed by atoms with van der Waals surface area (Å²) in [6.07, 6.45) is 1.60. The van der Waals surface area contributed by atoms with Crippen molar-refractivity contribution in [2.24, 2.45) is 0 Å². The van der Waals surface area contributed by atoms with Crippen LogP contribution in [-0.4, -0.2) is 15.7 Å². The van der Waals surface area contributed by atoms with Crippen LogP contribution in [0.5, 0.6) is 0 Å². The number of aromatic nitrogens is 1. The van der Waals surface area contributed by atoms with Crippen molar-refractivity contribution in [3.8, 4) is 0 Å². The summed E-state index contributed by atoms with van der Waals surface area (Å²) in [7, 11) is 0. The number of nitrogens with one attached hydrogen (secondary N) is 1. The van der Waals surface area contributed by atoms with Crippen LogP contribution in [0.1, 0.15) is 5.69 Å². The minimum absolute atomic E-state index is 0.436. The number of rotatable bonds is 2. The van der Waals surface area contributed by atoms with Gasteiger partial charge in [-0.3, -0.25) is 9.78 Å². The second-order valence-corrected chi connectivity index (χ2v) is 3.57. The molecule has 0 saturated carbocycles. The van der Waals surface area contributed by atoms with E-state index in [0.29, 0.717) is 5.69 Å². The smallest absolute Gasteiger partial charge is 0.257 e. The molecule has 70 valence electrons. The molecule has 13 heavy (non-hydrogen) atoms. The van der Waals surface area contributed by atoms with Crippen LogP contribution in [0.4, 0.5) is 5.69 Å². The maximum absolute atomic E-state index is 11.0. The first-order valence-electron chi connectivity index (χ1n) is 3.61. The topological polar surface area (TPSA) is 42.0 Å². The molecule has 0 aromatic carbocycles. The lowest BCUT2D eigenvalue weighted by Crippen LogP contribution is -2.18. The number of halogens is 2. The first-order chi connectivity index (χ1) is 6.09. The summed E-state index contributed by atoms with van der Waals surface area (Å²) >= 11 is 10.7. The Bertz CT molecular complexity index is 315. The maximum Gasteiger partial charge on any atom is 0.257 e. The molecule has 1 heterocycles. The Hall–Kier alpha value is -0.800. The molecule has 0 aliphatic carbocycles. The third-order valence-corrected chi connectivity index (χ3v) is 1.76. The molecule has 1 aromatic rings. The molecule has 0 atom stereocenters. The largest absolute Gasteiger partial charge is 0.324 e. The number of hydrogen-bond donors (Lipinski definition) is 1. The van der Waals surface area contributed by atoms with Gasteiger partial charge in [0.2, 0.25) is 0 Å². The first kappa shape index (κ1) is 10.3. The molecular formula is C8H8Cl2N2O. The Labute approximate surface area is 86.1 Å². The summed E-state index contributed by atoms with van der Waals surface area (Å²) in [6, 6.07) is 3.40. The van der Waals surface area contributed by atoms with Crippen molar-refractivity contribution in [1.29, 1.82) is 0 Å². The Morgan fingerprint density at radius 1 is 1.62 bits per heavy atom. The van der Waals surface area contributed by atoms with Crippen LogP contribution in [0.3, 0.4) is 0 Å². The highest BCUT2D eigenvalue weighted by Gasteiger charge is 2.10. The van der Waals surface area contributed by atoms with E-state index in [0.717, 1.165) is 5.69 Å². The zero-order valence-electron chi connectivity index (χ0n) is 6.92. The molecule has 1 rings (SSSR count). The van der Waals surface area contributed by atoms with Gasteiger partial charge < -0.3 is 5.32 Å². The van der Waals surface area contributed by atoms with Gasteiger partial charge in [-0.15, -0.1) is 0 Å². The molecule has 0 aliphatic heterocycles. The van der Waals surface area contributed by atoms with Gasteiger partial charge in [0, 0.05) is 17.6 Å². The Morgan fingerprint density at radius 3 is 2.85 bits per heavy atom. The summed E-state index contributed by atoms with van der Waals surface area (Å²) in [4.78, 5) is 14.0. The van der Waals surface area contributed by atoms with Crippen molar-refractivity contribution in [1.82, 2.24) is 4.98 Å². The Morgan fingerprint density at radius 2 is 2.31 bits per heavy atom. The Kier molecular flexibility index (Phi) is 3.51. The predicted octanol–water partition coefficient (Wildman–Crippen LogP) is 2.13. The maximum atomic E-state index is 11.0. The highest BCUT2D eigenvalue weighted by molar-refractivity contribution is 6.54. The number of carbonyl (C=O) groups excluding carboxylic acids is 1. The van der Waals surface area contributed by atoms with Crippen LogP contribution in [0.15, 0.2) is 18.3 Å². The van der Waals surface area contributed by atoms with E-state index in [-0.39, 0.29) is 0 Å². The molecule has 0 saturated heterocycles. The van der Waals surface area contributed by atoms with Crippen LogP contribution in [0.25, 0.3) is 0 Å². The van der Waals surface area contributed by atoms with E-state index >= 15 is 0 Å². The van der Waals surface area contributed by atoms with E-state index in [4.69, 9.17) is 23.2 Å². The minimum atomic E-state index is -1.05. The number of anilines is 1. The molecule has 1 N–H and O–H groups in total. The molecular weight excluding hydrogens is 211 g/mol. The average Bonchev–Trinajstić information content (AvgIpc) is 2.04. The molecule has 0 aliphatic rings. The predicted molar refractivity (Wildman–Crippen MR) is 53.1 cm³/mol. The van der Waals surface area contributed by atoms with Crippen LogP contribution in [0, 0.1) is 6.92 Å². The molecule has 0 radical (unpaired) electrons. The van der Waals surface area contributed by atoms with Gasteiger partial charge in [0.25, 0.3) is 5.91 Å². The zero-order valence-corrected chi connectivity index (χ0v) is 8.43. The van der Waals surface area contributed by atoms with E-state index in [1.807, 2.05) is 6.92 Å². The highest BCUT2D eigenvalue weighted by atomic mass is 35.5. The van der Waals surface area contributed by atoms with Gasteiger partial charge >= 0.3 is 0 Å². The van der Waals surface area contributed by atoms with Crippen LogP contribution in [0.2, 0.25) is 0 Å². The summed E-state index contributed by atoms with van der Waals surface area (Å²) in [5.41, 5.74) is 1.46. The quantitative estimate of drug-likeness (QED) is 0.774. The molecule has 5 heteroatoms. The van der Waals surface area contributed by atoms with E-state index in [1.165, 1.54) is 0 Å². The van der Waals surface area contributed by atoms with Crippen LogP contribution >= 0.6 is 23.2 Å². The van der Waals surface area contributed by atoms with E-state index in [1.54, 1.807) is 18.3 Å². The molecule has 3 nitrogen and oxygen atoms in total. The first-order valence-corrected chi connectivity index (χ1v) is 4.48. The number of aryl methyl sites for hydroxylation is 1. The van der Waals surface area contributed by atoms with Crippen LogP contribution in [-0.2, 0) is 4.79 Å². The SMILES string of the molecule is Cc1cc(NC(=O)C(Cl)Cl)ccn1. The summed E-state index contributed by atoms with van der Waals surface area (Å²) in [6.45, 7) is 1.83. The van der Waals surface area contributed by atoms with Gasteiger partial charge in [0.05, 0.1) is 0 Å². The summed E-state index contributed by atoms with van der Waals surface area (Å²) < 4.78 is 0. The average molecular weight is 219 g/mol. The van der Waals surface area contributed by atoms with Gasteiger partial charge in [-0.05, 0) is 19.1 Å². The normalized spacial score (nSPS) is 10.2. The van der Waals surface area contributed by atoms with Gasteiger partial charge in [0.1, 0.15) is 0 Å². The molecule has 1 aromatic heterocycles. The van der Waals surface area contributed by atoms with Crippen molar-refractivity contribution in [3.05, 3.63) is 24.0 Å². The van der Waals surface area contributed by atoms with Crippen molar-refractivity contribution in [3.63, 3.8) is 0 Å². The Balaban J connectivity index is 2.69. The third kappa shape index (κ3) is 3.20. The van der Waals surface area contributed by atoms with Gasteiger partial charge in [0.15, 0.2) is 4.84 Å². The second-order valence-electron chi connectivity index (χ2n) is 2.48. The zero-order chi connectivity index (χ0) is 9.84. The van der Waals surface area contributed by atoms with E-state index in [2.05, 4.69) is 10.3 Å². The molecule has 0 unspecified atom stereocenters. The summed E-state index contributed by atoms with van der Waals surface area (Å²) in [5, 5.41) is 2.54. The van der Waals surface area contributed by atoms with E-state index < -0.39 is 10.7 Å². The van der Waals surface area contributed by atoms with Crippen molar-refractivity contribution < 1.29 is 4.79 Å². The van der Waals surface area contributed by atoms with Gasteiger partial charge in [-0.25, -0.2) is 0 Å². The monoisotopic (exact) mass is 218 g/mol. The van der Waals surface area contributed by atoms with Crippen molar-refractivity contribution in [2.75, 3.05) is 5.32 Å². The molecule has 1 amide bonds. The number of nitrogens with zero attached hydrogens (tertiary/aromatic N) is 1. The third-order valence-electron chi connectivity index (χ3n) is 1.36. The number of pyridine rings is 1. The molecule has 0 spiro atoms. The van der Waals surface area contributed by atoms with Crippen molar-refractivity contribution in [2.45, 2.75) is 11.8 Å². The van der Waals surface area contributed by atoms with Crippen molar-refractivity contribution >= 4 is 34.8 Å². The fourth-order valence-corrected chi connectivity index (χ4v) is 0.929. The van der Waals surface area contributed by atoms with Gasteiger partial charge in [-0.2, -0.15) is 0 Å². The lowest BCUT2D eigenvalue weighted by Gasteiger charge is -2.04. The number of carbonyl (C=O) groups is 1. The van der Waals surface area contributed by atoms with Crippen LogP contribution < -0.4 is 5.32 Å². The van der Waals surface area contributed by atoms with E-state index in [9.17, 15) is 4.79 Å². The highest BCUT2D eigenvalue weighted by Crippen LogP contribution is 2.10. The minimum Gasteiger partial charge on any atom is -0.324 e. The number of amides is 1. The number of alkyl halides is 2.